The third-order valence-electron chi connectivity index (χ3n) is 13.2. The number of hydroxylamine groups is 4. The molecule has 302 valence electrons. The smallest absolute Gasteiger partial charge is 0.313 e. The summed E-state index contributed by atoms with van der Waals surface area (Å²) < 4.78 is 13.2. The monoisotopic (exact) mass is 733 g/mol. The van der Waals surface area contributed by atoms with Gasteiger partial charge >= 0.3 is 11.9 Å². The van der Waals surface area contributed by atoms with Gasteiger partial charge in [0.25, 0.3) is 0 Å². The van der Waals surface area contributed by atoms with Crippen molar-refractivity contribution < 1.29 is 28.7 Å². The molecule has 5 unspecified atom stereocenters. The minimum Gasteiger partial charge on any atom is -0.458 e. The van der Waals surface area contributed by atoms with Gasteiger partial charge in [-0.3, -0.25) is 19.3 Å². The molecule has 0 N–H and O–H groups in total. The van der Waals surface area contributed by atoms with Crippen molar-refractivity contribution in [1.82, 2.24) is 10.1 Å². The molecule has 0 aromatic rings. The van der Waals surface area contributed by atoms with Gasteiger partial charge in [-0.25, -0.2) is 0 Å². The second-order valence-electron chi connectivity index (χ2n) is 19.4. The van der Waals surface area contributed by atoms with Crippen LogP contribution < -0.4 is 0 Å². The van der Waals surface area contributed by atoms with Gasteiger partial charge in [0.15, 0.2) is 6.10 Å². The van der Waals surface area contributed by atoms with Crippen LogP contribution in [0.15, 0.2) is 0 Å². The van der Waals surface area contributed by atoms with Crippen LogP contribution in [-0.2, 0) is 28.7 Å². The number of nitrogens with zero attached hydrogens (tertiary/aromatic N) is 2. The number of hydrogen-bond donors (Lipinski definition) is 0. The molecule has 3 saturated heterocycles. The van der Waals surface area contributed by atoms with Gasteiger partial charge in [0.1, 0.15) is 6.10 Å². The maximum Gasteiger partial charge on any atom is 0.313 e. The van der Waals surface area contributed by atoms with Gasteiger partial charge in [-0.05, 0) is 99.3 Å². The Morgan fingerprint density at radius 2 is 1.12 bits per heavy atom. The Kier molecular flexibility index (Phi) is 15.6. The first-order valence-electron chi connectivity index (χ1n) is 21.8. The fourth-order valence-electron chi connectivity index (χ4n) is 11.0. The van der Waals surface area contributed by atoms with Crippen LogP contribution in [0.3, 0.4) is 0 Å². The van der Waals surface area contributed by atoms with Crippen LogP contribution >= 0.6 is 0 Å². The molecule has 0 bridgehead atoms. The summed E-state index contributed by atoms with van der Waals surface area (Å²) in [6, 6.07) is 0. The predicted octanol–water partition coefficient (Wildman–Crippen LogP) is 10.9. The number of carbonyl (C=O) groups is 2. The van der Waals surface area contributed by atoms with E-state index in [0.29, 0.717) is 26.1 Å². The van der Waals surface area contributed by atoms with Crippen molar-refractivity contribution in [1.29, 1.82) is 0 Å². The highest BCUT2D eigenvalue weighted by atomic mass is 16.7. The molecule has 4 aliphatic rings. The van der Waals surface area contributed by atoms with Gasteiger partial charge in [0.2, 0.25) is 0 Å². The zero-order valence-electron chi connectivity index (χ0n) is 35.4. The van der Waals surface area contributed by atoms with E-state index in [9.17, 15) is 4.79 Å². The molecule has 8 nitrogen and oxygen atoms in total. The Hall–Kier alpha value is -1.22. The minimum absolute atomic E-state index is 0.115. The van der Waals surface area contributed by atoms with E-state index in [1.54, 1.807) is 0 Å². The molecule has 5 atom stereocenters. The van der Waals surface area contributed by atoms with Gasteiger partial charge in [-0.2, -0.15) is 10.1 Å². The number of piperidine rings is 2. The van der Waals surface area contributed by atoms with Crippen LogP contribution in [0, 0.1) is 17.3 Å². The van der Waals surface area contributed by atoms with Crippen molar-refractivity contribution in [2.45, 2.75) is 238 Å². The molecule has 0 radical (unpaired) electrons. The Morgan fingerprint density at radius 3 is 1.71 bits per heavy atom. The summed E-state index contributed by atoms with van der Waals surface area (Å²) in [5, 5.41) is 4.34. The number of unbranched alkanes of at least 4 members (excludes halogenated alkanes) is 10. The van der Waals surface area contributed by atoms with Crippen LogP contribution in [0.25, 0.3) is 0 Å². The number of ether oxygens (including phenoxy) is 2. The van der Waals surface area contributed by atoms with Gasteiger partial charge in [0.05, 0.1) is 24.2 Å². The van der Waals surface area contributed by atoms with Crippen molar-refractivity contribution in [3.8, 4) is 0 Å². The second-order valence-corrected chi connectivity index (χ2v) is 19.4. The topological polar surface area (TPSA) is 77.5 Å². The number of esters is 2. The van der Waals surface area contributed by atoms with Gasteiger partial charge in [0, 0.05) is 29.5 Å². The molecule has 4 rings (SSSR count). The minimum atomic E-state index is -0.718. The van der Waals surface area contributed by atoms with E-state index in [0.717, 1.165) is 64.2 Å². The van der Waals surface area contributed by atoms with E-state index in [1.807, 2.05) is 0 Å². The quantitative estimate of drug-likeness (QED) is 0.115. The lowest BCUT2D eigenvalue weighted by molar-refractivity contribution is -0.321. The summed E-state index contributed by atoms with van der Waals surface area (Å²) >= 11 is 0. The zero-order chi connectivity index (χ0) is 38.2. The highest BCUT2D eigenvalue weighted by molar-refractivity contribution is 5.82. The molecule has 1 aliphatic carbocycles. The van der Waals surface area contributed by atoms with E-state index in [1.165, 1.54) is 57.8 Å². The Morgan fingerprint density at radius 1 is 0.615 bits per heavy atom. The third-order valence-corrected chi connectivity index (χ3v) is 13.2. The van der Waals surface area contributed by atoms with E-state index in [-0.39, 0.29) is 34.9 Å². The molecule has 0 aromatic heterocycles. The summed E-state index contributed by atoms with van der Waals surface area (Å²) in [5.41, 5.74) is -2.30. The SMILES string of the molecule is CCCCCCCCON1C(C)(C)CC2OC(=O)CCCCCCCC3(C(=O)OC2C1(C)C)C1CC(C)(C)N(OCCCCCCCC)C(C)(C)C13. The van der Waals surface area contributed by atoms with Crippen molar-refractivity contribution >= 4 is 11.9 Å². The Balaban J connectivity index is 1.58. The lowest BCUT2D eigenvalue weighted by atomic mass is 9.77. The number of carbonyl (C=O) groups excluding carboxylic acids is 2. The Labute approximate surface area is 319 Å². The number of fused-ring (bicyclic) bond motifs is 4. The summed E-state index contributed by atoms with van der Waals surface area (Å²) in [6.45, 7) is 23.5. The van der Waals surface area contributed by atoms with Crippen molar-refractivity contribution in [2.24, 2.45) is 17.3 Å². The second kappa shape index (κ2) is 18.6. The molecule has 0 aromatic carbocycles. The van der Waals surface area contributed by atoms with E-state index in [2.05, 4.69) is 79.4 Å². The first-order chi connectivity index (χ1) is 24.6. The van der Waals surface area contributed by atoms with Crippen LogP contribution in [0.2, 0.25) is 0 Å². The summed E-state index contributed by atoms with van der Waals surface area (Å²) in [4.78, 5) is 41.7. The maximum atomic E-state index is 15.1. The van der Waals surface area contributed by atoms with Gasteiger partial charge in [-0.15, -0.1) is 0 Å². The van der Waals surface area contributed by atoms with E-state index < -0.39 is 28.7 Å². The van der Waals surface area contributed by atoms with Crippen molar-refractivity contribution in [3.05, 3.63) is 0 Å². The largest absolute Gasteiger partial charge is 0.458 e. The fourth-order valence-corrected chi connectivity index (χ4v) is 11.0. The lowest BCUT2D eigenvalue weighted by Crippen LogP contribution is -2.70. The molecule has 4 fully saturated rings. The van der Waals surface area contributed by atoms with E-state index >= 15 is 4.79 Å². The summed E-state index contributed by atoms with van der Waals surface area (Å²) in [6.07, 6.45) is 20.9. The van der Waals surface area contributed by atoms with E-state index in [4.69, 9.17) is 19.1 Å². The molecule has 1 saturated carbocycles. The third kappa shape index (κ3) is 9.95. The fraction of sp³-hybridized carbons (Fsp3) is 0.955. The molecule has 52 heavy (non-hydrogen) atoms. The van der Waals surface area contributed by atoms with Crippen LogP contribution in [0.5, 0.6) is 0 Å². The molecule has 3 heterocycles. The van der Waals surface area contributed by atoms with Gasteiger partial charge in [-0.1, -0.05) is 104 Å². The molecule has 1 spiro atoms. The molecule has 0 amide bonds. The molecular weight excluding hydrogens is 652 g/mol. The first-order valence-corrected chi connectivity index (χ1v) is 21.8. The average molecular weight is 733 g/mol. The molecular formula is C44H80N2O6. The van der Waals surface area contributed by atoms with Gasteiger partial charge < -0.3 is 9.47 Å². The molecule has 3 aliphatic heterocycles. The number of hydrogen-bond acceptors (Lipinski definition) is 8. The summed E-state index contributed by atoms with van der Waals surface area (Å²) in [5.74, 6) is 0.0427. The Bertz CT molecular complexity index is 1140. The highest BCUT2D eigenvalue weighted by Gasteiger charge is 2.79. The first kappa shape index (κ1) is 43.5. The van der Waals surface area contributed by atoms with Crippen LogP contribution in [0.1, 0.15) is 204 Å². The average Bonchev–Trinajstić information content (AvgIpc) is 3.71. The predicted molar refractivity (Wildman–Crippen MR) is 209 cm³/mol. The number of rotatable bonds is 16. The standard InChI is InChI=1S/C44H80N2O6/c1-11-13-15-17-22-26-30-49-45-40(3,4)32-34-37(42(45,7)8)44(34)29-25-21-19-20-24-28-36(47)51-35-33-41(5,6)46(43(9,10)38(35)52-39(44)48)50-31-27-23-18-16-14-12-2/h34-35,37-38H,11-33H2,1-10H3. The summed E-state index contributed by atoms with van der Waals surface area (Å²) in [7, 11) is 0. The highest BCUT2D eigenvalue weighted by Crippen LogP contribution is 2.73. The van der Waals surface area contributed by atoms with Crippen molar-refractivity contribution in [2.75, 3.05) is 13.2 Å². The maximum absolute atomic E-state index is 15.1. The van der Waals surface area contributed by atoms with Crippen LogP contribution in [-0.4, -0.2) is 69.6 Å². The zero-order valence-corrected chi connectivity index (χ0v) is 35.4. The lowest BCUT2D eigenvalue weighted by Gasteiger charge is -2.56. The van der Waals surface area contributed by atoms with Crippen LogP contribution in [0.4, 0.5) is 0 Å². The van der Waals surface area contributed by atoms with Crippen molar-refractivity contribution in [3.63, 3.8) is 0 Å². The molecule has 8 heteroatoms. The normalized spacial score (nSPS) is 32.0.